The van der Waals surface area contributed by atoms with Crippen LogP contribution in [0.1, 0.15) is 32.2 Å². The highest BCUT2D eigenvalue weighted by molar-refractivity contribution is 5.96. The molecule has 9 heteroatoms. The first kappa shape index (κ1) is 17.7. The second-order valence-electron chi connectivity index (χ2n) is 5.12. The van der Waals surface area contributed by atoms with Crippen LogP contribution in [0.4, 0.5) is 0 Å². The van der Waals surface area contributed by atoms with Crippen molar-refractivity contribution in [2.45, 2.75) is 0 Å². The predicted octanol–water partition coefficient (Wildman–Crippen LogP) is 1.60. The molecule has 0 unspecified atom stereocenters. The number of pyridine rings is 2. The quantitative estimate of drug-likeness (QED) is 0.509. The highest BCUT2D eigenvalue weighted by Crippen LogP contribution is 2.07. The zero-order chi connectivity index (χ0) is 18.9. The van der Waals surface area contributed by atoms with Crippen molar-refractivity contribution >= 4 is 24.2 Å². The van der Waals surface area contributed by atoms with Crippen molar-refractivity contribution in [3.8, 4) is 0 Å². The summed E-state index contributed by atoms with van der Waals surface area (Å²) in [4.78, 5) is 31.7. The van der Waals surface area contributed by atoms with Gasteiger partial charge in [0.1, 0.15) is 0 Å². The summed E-state index contributed by atoms with van der Waals surface area (Å²) in [6.45, 7) is 0. The summed E-state index contributed by atoms with van der Waals surface area (Å²) in [6, 6.07) is 9.68. The topological polar surface area (TPSA) is 122 Å². The lowest BCUT2D eigenvalue weighted by Crippen LogP contribution is -2.18. The second kappa shape index (κ2) is 8.81. The molecule has 134 valence electrons. The van der Waals surface area contributed by atoms with Crippen LogP contribution in [-0.4, -0.2) is 34.2 Å². The Labute approximate surface area is 153 Å². The standard InChI is InChI=1S/C18H14N6O3/c25-17(23-21-11-13-3-7-19-8-4-13)15-1-2-16(27-15)18(26)24-22-12-14-5-9-20-10-6-14/h1-12H,(H,23,25)(H,24,26). The Morgan fingerprint density at radius 1 is 0.741 bits per heavy atom. The van der Waals surface area contributed by atoms with Gasteiger partial charge in [-0.2, -0.15) is 10.2 Å². The molecule has 0 saturated carbocycles. The molecule has 0 aliphatic rings. The lowest BCUT2D eigenvalue weighted by atomic mass is 10.3. The van der Waals surface area contributed by atoms with Crippen LogP contribution >= 0.6 is 0 Å². The molecule has 0 atom stereocenters. The summed E-state index contributed by atoms with van der Waals surface area (Å²) in [5.74, 6) is -1.27. The molecular formula is C18H14N6O3. The van der Waals surface area contributed by atoms with Crippen molar-refractivity contribution < 1.29 is 14.0 Å². The first-order chi connectivity index (χ1) is 13.2. The third kappa shape index (κ3) is 5.16. The fraction of sp³-hybridized carbons (Fsp3) is 0. The molecule has 2 amide bonds. The molecule has 0 aromatic carbocycles. The fourth-order valence-corrected chi connectivity index (χ4v) is 1.92. The van der Waals surface area contributed by atoms with E-state index in [1.54, 1.807) is 49.1 Å². The number of carbonyl (C=O) groups is 2. The highest BCUT2D eigenvalue weighted by atomic mass is 16.4. The number of hydrogen-bond acceptors (Lipinski definition) is 7. The van der Waals surface area contributed by atoms with E-state index in [0.717, 1.165) is 11.1 Å². The lowest BCUT2D eigenvalue weighted by Gasteiger charge is -1.97. The van der Waals surface area contributed by atoms with Gasteiger partial charge in [-0.15, -0.1) is 0 Å². The Morgan fingerprint density at radius 3 is 1.56 bits per heavy atom. The van der Waals surface area contributed by atoms with E-state index >= 15 is 0 Å². The van der Waals surface area contributed by atoms with Crippen molar-refractivity contribution in [2.24, 2.45) is 10.2 Å². The molecule has 27 heavy (non-hydrogen) atoms. The van der Waals surface area contributed by atoms with Crippen molar-refractivity contribution in [1.82, 2.24) is 20.8 Å². The van der Waals surface area contributed by atoms with Crippen LogP contribution in [0.15, 0.2) is 75.8 Å². The zero-order valence-electron chi connectivity index (χ0n) is 13.9. The van der Waals surface area contributed by atoms with Crippen LogP contribution in [0.5, 0.6) is 0 Å². The van der Waals surface area contributed by atoms with Gasteiger partial charge in [0.2, 0.25) is 0 Å². The Hall–Kier alpha value is -4.14. The highest BCUT2D eigenvalue weighted by Gasteiger charge is 2.15. The number of carbonyl (C=O) groups excluding carboxylic acids is 2. The summed E-state index contributed by atoms with van der Waals surface area (Å²) >= 11 is 0. The SMILES string of the molecule is O=C(NN=Cc1ccncc1)c1ccc(C(=O)NN=Cc2ccncc2)o1. The monoisotopic (exact) mass is 362 g/mol. The van der Waals surface area contributed by atoms with E-state index in [2.05, 4.69) is 31.0 Å². The molecule has 0 aliphatic carbocycles. The second-order valence-corrected chi connectivity index (χ2v) is 5.12. The number of hydrazone groups is 2. The Morgan fingerprint density at radius 2 is 1.15 bits per heavy atom. The third-order valence-electron chi connectivity index (χ3n) is 3.23. The molecule has 0 aliphatic heterocycles. The Kier molecular flexibility index (Phi) is 5.77. The first-order valence-electron chi connectivity index (χ1n) is 7.79. The molecule has 0 saturated heterocycles. The molecule has 9 nitrogen and oxygen atoms in total. The van der Waals surface area contributed by atoms with E-state index < -0.39 is 11.8 Å². The summed E-state index contributed by atoms with van der Waals surface area (Å²) in [6.07, 6.45) is 9.36. The Balaban J connectivity index is 1.54. The maximum absolute atomic E-state index is 12.0. The summed E-state index contributed by atoms with van der Waals surface area (Å²) in [5.41, 5.74) is 6.18. The van der Waals surface area contributed by atoms with Crippen LogP contribution in [0.25, 0.3) is 0 Å². The first-order valence-corrected chi connectivity index (χ1v) is 7.79. The largest absolute Gasteiger partial charge is 0.446 e. The van der Waals surface area contributed by atoms with Crippen molar-refractivity contribution in [1.29, 1.82) is 0 Å². The van der Waals surface area contributed by atoms with Gasteiger partial charge in [-0.3, -0.25) is 19.6 Å². The minimum atomic E-state index is -0.584. The van der Waals surface area contributed by atoms with Crippen LogP contribution < -0.4 is 10.9 Å². The lowest BCUT2D eigenvalue weighted by molar-refractivity contribution is 0.0902. The van der Waals surface area contributed by atoms with Gasteiger partial charge in [0.05, 0.1) is 12.4 Å². The summed E-state index contributed by atoms with van der Waals surface area (Å²) in [5, 5.41) is 7.63. The van der Waals surface area contributed by atoms with Gasteiger partial charge in [-0.1, -0.05) is 0 Å². The van der Waals surface area contributed by atoms with Gasteiger partial charge in [0, 0.05) is 24.8 Å². The normalized spacial score (nSPS) is 11.0. The van der Waals surface area contributed by atoms with Gasteiger partial charge in [-0.25, -0.2) is 10.9 Å². The van der Waals surface area contributed by atoms with Crippen LogP contribution in [0, 0.1) is 0 Å². The van der Waals surface area contributed by atoms with Crippen LogP contribution in [0.2, 0.25) is 0 Å². The summed E-state index contributed by atoms with van der Waals surface area (Å²) in [7, 11) is 0. The maximum atomic E-state index is 12.0. The van der Waals surface area contributed by atoms with Gasteiger partial charge in [-0.05, 0) is 47.5 Å². The molecule has 0 fully saturated rings. The number of rotatable bonds is 6. The van der Waals surface area contributed by atoms with E-state index in [1.807, 2.05) is 0 Å². The fourth-order valence-electron chi connectivity index (χ4n) is 1.92. The number of aromatic nitrogens is 2. The van der Waals surface area contributed by atoms with Gasteiger partial charge < -0.3 is 4.42 Å². The molecule has 3 rings (SSSR count). The number of nitrogens with one attached hydrogen (secondary N) is 2. The molecule has 0 bridgehead atoms. The molecule has 3 heterocycles. The van der Waals surface area contributed by atoms with Crippen molar-refractivity contribution in [3.63, 3.8) is 0 Å². The van der Waals surface area contributed by atoms with E-state index in [1.165, 1.54) is 24.6 Å². The van der Waals surface area contributed by atoms with Gasteiger partial charge >= 0.3 is 11.8 Å². The number of amides is 2. The number of hydrogen-bond donors (Lipinski definition) is 2. The van der Waals surface area contributed by atoms with Gasteiger partial charge in [0.25, 0.3) is 0 Å². The average Bonchev–Trinajstić information content (AvgIpc) is 3.20. The zero-order valence-corrected chi connectivity index (χ0v) is 13.9. The number of nitrogens with zero attached hydrogens (tertiary/aromatic N) is 4. The summed E-state index contributed by atoms with van der Waals surface area (Å²) < 4.78 is 5.22. The maximum Gasteiger partial charge on any atom is 0.307 e. The van der Waals surface area contributed by atoms with Crippen LogP contribution in [-0.2, 0) is 0 Å². The predicted molar refractivity (Wildman–Crippen MR) is 97.3 cm³/mol. The average molecular weight is 362 g/mol. The molecule has 3 aromatic rings. The molecular weight excluding hydrogens is 348 g/mol. The van der Waals surface area contributed by atoms with Crippen LogP contribution in [0.3, 0.4) is 0 Å². The van der Waals surface area contributed by atoms with E-state index in [0.29, 0.717) is 0 Å². The van der Waals surface area contributed by atoms with Gasteiger partial charge in [0.15, 0.2) is 11.5 Å². The van der Waals surface area contributed by atoms with E-state index in [4.69, 9.17) is 4.42 Å². The van der Waals surface area contributed by atoms with Crippen molar-refractivity contribution in [3.05, 3.63) is 83.8 Å². The minimum Gasteiger partial charge on any atom is -0.446 e. The Bertz CT molecular complexity index is 889. The van der Waals surface area contributed by atoms with E-state index in [-0.39, 0.29) is 11.5 Å². The smallest absolute Gasteiger partial charge is 0.307 e. The molecule has 0 spiro atoms. The molecule has 0 radical (unpaired) electrons. The van der Waals surface area contributed by atoms with E-state index in [9.17, 15) is 9.59 Å². The number of furan rings is 1. The molecule has 2 N–H and O–H groups in total. The van der Waals surface area contributed by atoms with Crippen molar-refractivity contribution in [2.75, 3.05) is 0 Å². The minimum absolute atomic E-state index is 0.0508. The third-order valence-corrected chi connectivity index (χ3v) is 3.23. The molecule has 3 aromatic heterocycles.